The largest absolute Gasteiger partial charge is 0.493 e. The molecule has 0 atom stereocenters. The number of carbonyl (C=O) groups excluding carboxylic acids is 2. The van der Waals surface area contributed by atoms with E-state index in [2.05, 4.69) is 5.32 Å². The van der Waals surface area contributed by atoms with Gasteiger partial charge in [0.2, 0.25) is 5.91 Å². The highest BCUT2D eigenvalue weighted by atomic mass is 19.1. The quantitative estimate of drug-likeness (QED) is 0.598. The molecule has 2 rings (SSSR count). The Kier molecular flexibility index (Phi) is 7.11. The van der Waals surface area contributed by atoms with Crippen LogP contribution in [0.5, 0.6) is 5.75 Å². The van der Waals surface area contributed by atoms with E-state index in [9.17, 15) is 14.0 Å². The van der Waals surface area contributed by atoms with E-state index in [1.807, 2.05) is 30.3 Å². The van der Waals surface area contributed by atoms with E-state index >= 15 is 0 Å². The van der Waals surface area contributed by atoms with Crippen LogP contribution in [0.15, 0.2) is 54.1 Å². The summed E-state index contributed by atoms with van der Waals surface area (Å²) in [6, 6.07) is 13.9. The van der Waals surface area contributed by atoms with Crippen molar-refractivity contribution in [2.45, 2.75) is 19.8 Å². The van der Waals surface area contributed by atoms with Crippen LogP contribution in [-0.2, 0) is 20.7 Å². The molecule has 0 radical (unpaired) electrons. The van der Waals surface area contributed by atoms with E-state index in [0.717, 1.165) is 5.56 Å². The predicted octanol–water partition coefficient (Wildman–Crippen LogP) is 3.49. The third-order valence-electron chi connectivity index (χ3n) is 3.98. The van der Waals surface area contributed by atoms with Crippen LogP contribution in [0, 0.1) is 5.82 Å². The second kappa shape index (κ2) is 9.52. The maximum Gasteiger partial charge on any atom is 0.335 e. The average molecular weight is 371 g/mol. The molecule has 0 aliphatic rings. The van der Waals surface area contributed by atoms with E-state index in [1.165, 1.54) is 33.3 Å². The van der Waals surface area contributed by atoms with Gasteiger partial charge in [0.1, 0.15) is 0 Å². The zero-order chi connectivity index (χ0) is 19.8. The molecule has 1 amide bonds. The van der Waals surface area contributed by atoms with Crippen LogP contribution >= 0.6 is 0 Å². The molecular formula is C21H22FNO4. The van der Waals surface area contributed by atoms with Gasteiger partial charge in [0.05, 0.1) is 25.5 Å². The number of amides is 1. The van der Waals surface area contributed by atoms with Gasteiger partial charge in [-0.05, 0) is 30.5 Å². The van der Waals surface area contributed by atoms with E-state index in [1.54, 1.807) is 6.07 Å². The lowest BCUT2D eigenvalue weighted by molar-refractivity contribution is -0.136. The van der Waals surface area contributed by atoms with Gasteiger partial charge in [0.25, 0.3) is 0 Å². The van der Waals surface area contributed by atoms with Crippen LogP contribution in [0.1, 0.15) is 24.5 Å². The Balaban J connectivity index is 2.57. The van der Waals surface area contributed by atoms with Gasteiger partial charge in [0, 0.05) is 12.5 Å². The molecule has 2 aromatic rings. The van der Waals surface area contributed by atoms with Crippen molar-refractivity contribution in [2.24, 2.45) is 0 Å². The van der Waals surface area contributed by atoms with Crippen LogP contribution in [0.4, 0.5) is 4.39 Å². The van der Waals surface area contributed by atoms with Gasteiger partial charge in [-0.2, -0.15) is 0 Å². The van der Waals surface area contributed by atoms with Gasteiger partial charge in [-0.15, -0.1) is 0 Å². The number of carbonyl (C=O) groups is 2. The molecule has 0 fully saturated rings. The Morgan fingerprint density at radius 2 is 1.74 bits per heavy atom. The summed E-state index contributed by atoms with van der Waals surface area (Å²) in [4.78, 5) is 24.2. The van der Waals surface area contributed by atoms with Crippen LogP contribution < -0.4 is 10.1 Å². The molecule has 0 spiro atoms. The summed E-state index contributed by atoms with van der Waals surface area (Å²) in [6.45, 7) is 1.32. The number of nitrogens with one attached hydrogen (secondary N) is 1. The lowest BCUT2D eigenvalue weighted by atomic mass is 9.98. The maximum atomic E-state index is 14.2. The van der Waals surface area contributed by atoms with Crippen molar-refractivity contribution >= 4 is 17.6 Å². The van der Waals surface area contributed by atoms with E-state index in [4.69, 9.17) is 9.47 Å². The van der Waals surface area contributed by atoms with Crippen molar-refractivity contribution in [1.82, 2.24) is 5.32 Å². The Hall–Kier alpha value is -3.15. The van der Waals surface area contributed by atoms with E-state index in [0.29, 0.717) is 12.8 Å². The van der Waals surface area contributed by atoms with Crippen molar-refractivity contribution in [2.75, 3.05) is 14.2 Å². The minimum absolute atomic E-state index is 0.0534. The Morgan fingerprint density at radius 3 is 2.33 bits per heavy atom. The van der Waals surface area contributed by atoms with Gasteiger partial charge >= 0.3 is 5.97 Å². The molecule has 27 heavy (non-hydrogen) atoms. The first-order valence-electron chi connectivity index (χ1n) is 8.43. The van der Waals surface area contributed by atoms with Gasteiger partial charge in [-0.25, -0.2) is 9.18 Å². The third-order valence-corrected chi connectivity index (χ3v) is 3.98. The van der Waals surface area contributed by atoms with Gasteiger partial charge < -0.3 is 14.8 Å². The van der Waals surface area contributed by atoms with Crippen molar-refractivity contribution in [3.63, 3.8) is 0 Å². The molecule has 0 unspecified atom stereocenters. The number of ether oxygens (including phenoxy) is 2. The van der Waals surface area contributed by atoms with Crippen LogP contribution in [0.2, 0.25) is 0 Å². The predicted molar refractivity (Wildman–Crippen MR) is 100 cm³/mol. The minimum Gasteiger partial charge on any atom is -0.493 e. The summed E-state index contributed by atoms with van der Waals surface area (Å²) in [7, 11) is 2.59. The monoisotopic (exact) mass is 371 g/mol. The molecule has 142 valence electrons. The molecule has 0 bridgehead atoms. The minimum atomic E-state index is -0.596. The van der Waals surface area contributed by atoms with Crippen LogP contribution in [-0.4, -0.2) is 26.1 Å². The number of para-hydroxylation sites is 1. The summed E-state index contributed by atoms with van der Waals surface area (Å²) in [5.41, 5.74) is 1.72. The molecule has 0 heterocycles. The molecule has 6 heteroatoms. The molecule has 0 saturated carbocycles. The zero-order valence-corrected chi connectivity index (χ0v) is 15.5. The molecule has 5 nitrogen and oxygen atoms in total. The fraction of sp³-hybridized carbons (Fsp3) is 0.238. The highest BCUT2D eigenvalue weighted by Gasteiger charge is 2.22. The lowest BCUT2D eigenvalue weighted by Crippen LogP contribution is -2.23. The fourth-order valence-corrected chi connectivity index (χ4v) is 2.76. The molecular weight excluding hydrogens is 349 g/mol. The number of hydrogen-bond donors (Lipinski definition) is 1. The van der Waals surface area contributed by atoms with Gasteiger partial charge in [0.15, 0.2) is 11.6 Å². The number of methoxy groups -OCH3 is 2. The Bertz CT molecular complexity index is 847. The Labute approximate surface area is 157 Å². The lowest BCUT2D eigenvalue weighted by Gasteiger charge is -2.17. The van der Waals surface area contributed by atoms with Gasteiger partial charge in [-0.1, -0.05) is 36.4 Å². The molecule has 0 aromatic heterocycles. The maximum absolute atomic E-state index is 14.2. The van der Waals surface area contributed by atoms with Crippen LogP contribution in [0.3, 0.4) is 0 Å². The highest BCUT2D eigenvalue weighted by molar-refractivity contribution is 6.01. The third kappa shape index (κ3) is 5.17. The van der Waals surface area contributed by atoms with Crippen molar-refractivity contribution in [1.29, 1.82) is 0 Å². The topological polar surface area (TPSA) is 64.6 Å². The number of aryl methyl sites for hydroxylation is 1. The highest BCUT2D eigenvalue weighted by Crippen LogP contribution is 2.31. The van der Waals surface area contributed by atoms with Crippen molar-refractivity contribution in [3.8, 4) is 5.75 Å². The number of rotatable bonds is 7. The number of esters is 1. The number of halogens is 1. The summed E-state index contributed by atoms with van der Waals surface area (Å²) in [6.07, 6.45) is 0.845. The van der Waals surface area contributed by atoms with E-state index in [-0.39, 0.29) is 22.6 Å². The summed E-state index contributed by atoms with van der Waals surface area (Å²) in [5, 5.41) is 2.64. The van der Waals surface area contributed by atoms with Crippen LogP contribution in [0.25, 0.3) is 5.70 Å². The standard InChI is InChI=1S/C21H22FNO4/c1-14(24)23-19(16-10-7-11-18(22)20(16)26-2)17(21(25)27-3)13-12-15-8-5-4-6-9-15/h4-11H,12-13H2,1-3H3,(H,23,24). The first-order chi connectivity index (χ1) is 13.0. The first kappa shape index (κ1) is 20.2. The molecule has 0 saturated heterocycles. The summed E-state index contributed by atoms with van der Waals surface area (Å²) >= 11 is 0. The molecule has 0 aliphatic heterocycles. The fourth-order valence-electron chi connectivity index (χ4n) is 2.76. The summed E-state index contributed by atoms with van der Waals surface area (Å²) in [5.74, 6) is -1.63. The SMILES string of the molecule is COC(=O)C(CCc1ccccc1)=C(NC(C)=O)c1cccc(F)c1OC. The van der Waals surface area contributed by atoms with E-state index < -0.39 is 17.7 Å². The second-order valence-corrected chi connectivity index (χ2v) is 5.83. The average Bonchev–Trinajstić information content (AvgIpc) is 2.67. The van der Waals surface area contributed by atoms with Gasteiger partial charge in [-0.3, -0.25) is 4.79 Å². The molecule has 0 aliphatic carbocycles. The number of hydrogen-bond acceptors (Lipinski definition) is 4. The zero-order valence-electron chi connectivity index (χ0n) is 15.5. The summed E-state index contributed by atoms with van der Waals surface area (Å²) < 4.78 is 24.2. The second-order valence-electron chi connectivity index (χ2n) is 5.83. The van der Waals surface area contributed by atoms with Crippen molar-refractivity contribution in [3.05, 3.63) is 71.0 Å². The van der Waals surface area contributed by atoms with Crippen molar-refractivity contribution < 1.29 is 23.5 Å². The molecule has 2 aromatic carbocycles. The molecule has 1 N–H and O–H groups in total. The Morgan fingerprint density at radius 1 is 1.04 bits per heavy atom. The normalized spacial score (nSPS) is 11.4. The first-order valence-corrected chi connectivity index (χ1v) is 8.43. The number of benzene rings is 2. The smallest absolute Gasteiger partial charge is 0.335 e.